The number of nitrogens with one attached hydrogen (secondary N) is 3. The van der Waals surface area contributed by atoms with Gasteiger partial charge in [0.1, 0.15) is 18.1 Å². The Hall–Kier alpha value is -2.36. The predicted molar refractivity (Wildman–Crippen MR) is 124 cm³/mol. The van der Waals surface area contributed by atoms with Crippen LogP contribution in [0.15, 0.2) is 0 Å². The van der Waals surface area contributed by atoms with Gasteiger partial charge in [-0.15, -0.1) is 0 Å². The van der Waals surface area contributed by atoms with Crippen LogP contribution in [0.25, 0.3) is 0 Å². The normalized spacial score (nSPS) is 17.8. The smallest absolute Gasteiger partial charge is 0.328 e. The molecule has 3 amide bonds. The van der Waals surface area contributed by atoms with Crippen molar-refractivity contribution in [2.45, 2.75) is 96.2 Å². The number of carbonyl (C=O) groups excluding carboxylic acids is 3. The first-order chi connectivity index (χ1) is 15.7. The number of esters is 1. The molecule has 0 aromatic carbocycles. The predicted octanol–water partition coefficient (Wildman–Crippen LogP) is 1.91. The number of rotatable bonds is 14. The lowest BCUT2D eigenvalue weighted by atomic mass is 9.84. The molecule has 1 saturated carbocycles. The highest BCUT2D eigenvalue weighted by molar-refractivity contribution is 5.91. The second kappa shape index (κ2) is 15.5. The van der Waals surface area contributed by atoms with Gasteiger partial charge in [0, 0.05) is 0 Å². The zero-order valence-electron chi connectivity index (χ0n) is 20.2. The van der Waals surface area contributed by atoms with Gasteiger partial charge in [0.2, 0.25) is 5.91 Å². The molecule has 190 valence electrons. The van der Waals surface area contributed by atoms with Crippen LogP contribution in [0.5, 0.6) is 0 Å². The number of urea groups is 1. The Balaban J connectivity index is 2.90. The minimum atomic E-state index is -1.14. The number of aliphatic carboxylic acids is 1. The van der Waals surface area contributed by atoms with Crippen molar-refractivity contribution < 1.29 is 29.0 Å². The van der Waals surface area contributed by atoms with Gasteiger partial charge in [-0.05, 0) is 44.1 Å². The number of ether oxygens (including phenoxy) is 1. The van der Waals surface area contributed by atoms with Crippen LogP contribution in [-0.4, -0.2) is 60.8 Å². The molecule has 0 aromatic heterocycles. The van der Waals surface area contributed by atoms with Crippen molar-refractivity contribution in [2.24, 2.45) is 17.6 Å². The Bertz CT molecular complexity index is 638. The van der Waals surface area contributed by atoms with Crippen molar-refractivity contribution in [2.75, 3.05) is 13.7 Å². The van der Waals surface area contributed by atoms with Gasteiger partial charge in [0.25, 0.3) is 0 Å². The van der Waals surface area contributed by atoms with Crippen molar-refractivity contribution in [3.8, 4) is 0 Å². The lowest BCUT2D eigenvalue weighted by Gasteiger charge is -2.29. The number of hydrogen-bond acceptors (Lipinski definition) is 6. The third kappa shape index (κ3) is 10.4. The van der Waals surface area contributed by atoms with Crippen LogP contribution in [-0.2, 0) is 19.1 Å². The molecule has 4 atom stereocenters. The van der Waals surface area contributed by atoms with Gasteiger partial charge in [-0.3, -0.25) is 4.79 Å². The molecule has 1 rings (SSSR count). The van der Waals surface area contributed by atoms with Gasteiger partial charge >= 0.3 is 18.0 Å². The molecule has 0 bridgehead atoms. The Morgan fingerprint density at radius 3 is 2.21 bits per heavy atom. The highest BCUT2D eigenvalue weighted by Gasteiger charge is 2.32. The molecule has 0 aliphatic heterocycles. The number of amides is 3. The standard InChI is InChI=1S/C23H42N4O6/c1-4-15(2)19(22(31)33-3)27-20(28)18(14-16-10-6-5-7-11-16)26-23(32)25-17(21(29)30)12-8-9-13-24/h15-19H,4-14,24H2,1-3H3,(H,27,28)(H,29,30)(H2,25,26,32)/t15-,17+,18-,19+/m1/s1. The Labute approximate surface area is 196 Å². The molecule has 1 aliphatic rings. The van der Waals surface area contributed by atoms with E-state index in [0.717, 1.165) is 32.1 Å². The fourth-order valence-corrected chi connectivity index (χ4v) is 4.15. The molecule has 0 heterocycles. The second-order valence-electron chi connectivity index (χ2n) is 8.98. The highest BCUT2D eigenvalue weighted by atomic mass is 16.5. The van der Waals surface area contributed by atoms with Crippen molar-refractivity contribution in [3.05, 3.63) is 0 Å². The lowest BCUT2D eigenvalue weighted by molar-refractivity contribution is -0.147. The number of carboxylic acids is 1. The number of nitrogens with two attached hydrogens (primary N) is 1. The van der Waals surface area contributed by atoms with Crippen molar-refractivity contribution >= 4 is 23.9 Å². The number of carboxylic acid groups (broad SMARTS) is 1. The maximum Gasteiger partial charge on any atom is 0.328 e. The fraction of sp³-hybridized carbons (Fsp3) is 0.826. The summed E-state index contributed by atoms with van der Waals surface area (Å²) in [6.07, 6.45) is 7.80. The molecule has 1 fully saturated rings. The Kier molecular flexibility index (Phi) is 13.4. The quantitative estimate of drug-likeness (QED) is 0.191. The second-order valence-corrected chi connectivity index (χ2v) is 8.98. The maximum absolute atomic E-state index is 13.1. The zero-order chi connectivity index (χ0) is 24.8. The number of methoxy groups -OCH3 is 1. The van der Waals surface area contributed by atoms with Crippen LogP contribution in [0.2, 0.25) is 0 Å². The van der Waals surface area contributed by atoms with Crippen LogP contribution >= 0.6 is 0 Å². The first kappa shape index (κ1) is 28.7. The Morgan fingerprint density at radius 2 is 1.67 bits per heavy atom. The zero-order valence-corrected chi connectivity index (χ0v) is 20.2. The molecule has 33 heavy (non-hydrogen) atoms. The average Bonchev–Trinajstić information content (AvgIpc) is 2.80. The van der Waals surface area contributed by atoms with Gasteiger partial charge in [0.05, 0.1) is 7.11 Å². The summed E-state index contributed by atoms with van der Waals surface area (Å²) >= 11 is 0. The molecule has 1 aliphatic carbocycles. The first-order valence-electron chi connectivity index (χ1n) is 12.1. The van der Waals surface area contributed by atoms with Crippen molar-refractivity contribution in [1.82, 2.24) is 16.0 Å². The summed E-state index contributed by atoms with van der Waals surface area (Å²) in [5.74, 6) is -2.02. The van der Waals surface area contributed by atoms with E-state index in [9.17, 15) is 24.3 Å². The molecular weight excluding hydrogens is 428 g/mol. The van der Waals surface area contributed by atoms with Gasteiger partial charge in [-0.2, -0.15) is 0 Å². The van der Waals surface area contributed by atoms with Crippen LogP contribution in [0, 0.1) is 11.8 Å². The van der Waals surface area contributed by atoms with Gasteiger partial charge in [0.15, 0.2) is 0 Å². The van der Waals surface area contributed by atoms with E-state index in [-0.39, 0.29) is 18.3 Å². The SMILES string of the molecule is CC[C@@H](C)[C@H](NC(=O)[C@@H](CC1CCCCC1)NC(=O)N[C@@H](CCCCN)C(=O)O)C(=O)OC. The molecule has 10 nitrogen and oxygen atoms in total. The van der Waals surface area contributed by atoms with E-state index >= 15 is 0 Å². The molecule has 0 radical (unpaired) electrons. The molecular formula is C23H42N4O6. The highest BCUT2D eigenvalue weighted by Crippen LogP contribution is 2.27. The monoisotopic (exact) mass is 470 g/mol. The van der Waals surface area contributed by atoms with Gasteiger partial charge in [-0.25, -0.2) is 14.4 Å². The summed E-state index contributed by atoms with van der Waals surface area (Å²) < 4.78 is 4.85. The van der Waals surface area contributed by atoms with Crippen LogP contribution in [0.4, 0.5) is 4.79 Å². The van der Waals surface area contributed by atoms with E-state index < -0.39 is 42.0 Å². The van der Waals surface area contributed by atoms with E-state index in [2.05, 4.69) is 16.0 Å². The fourth-order valence-electron chi connectivity index (χ4n) is 4.15. The number of carbonyl (C=O) groups is 4. The van der Waals surface area contributed by atoms with Gasteiger partial charge < -0.3 is 31.5 Å². The minimum Gasteiger partial charge on any atom is -0.480 e. The average molecular weight is 471 g/mol. The molecule has 10 heteroatoms. The summed E-state index contributed by atoms with van der Waals surface area (Å²) in [4.78, 5) is 49.5. The van der Waals surface area contributed by atoms with Gasteiger partial charge in [-0.1, -0.05) is 52.4 Å². The topological polar surface area (TPSA) is 160 Å². The van der Waals surface area contributed by atoms with E-state index in [0.29, 0.717) is 32.2 Å². The largest absolute Gasteiger partial charge is 0.480 e. The third-order valence-electron chi connectivity index (χ3n) is 6.43. The lowest BCUT2D eigenvalue weighted by Crippen LogP contribution is -2.57. The number of hydrogen-bond donors (Lipinski definition) is 5. The summed E-state index contributed by atoms with van der Waals surface area (Å²) in [5.41, 5.74) is 5.46. The van der Waals surface area contributed by atoms with E-state index in [1.165, 1.54) is 7.11 Å². The molecule has 0 spiro atoms. The molecule has 0 unspecified atom stereocenters. The van der Waals surface area contributed by atoms with Crippen molar-refractivity contribution in [3.63, 3.8) is 0 Å². The third-order valence-corrected chi connectivity index (χ3v) is 6.43. The van der Waals surface area contributed by atoms with E-state index in [1.807, 2.05) is 13.8 Å². The minimum absolute atomic E-state index is 0.149. The Morgan fingerprint density at radius 1 is 1.03 bits per heavy atom. The van der Waals surface area contributed by atoms with E-state index in [4.69, 9.17) is 10.5 Å². The first-order valence-corrected chi connectivity index (χ1v) is 12.1. The summed E-state index contributed by atoms with van der Waals surface area (Å²) in [5, 5.41) is 17.3. The summed E-state index contributed by atoms with van der Waals surface area (Å²) in [7, 11) is 1.27. The molecule has 0 saturated heterocycles. The number of unbranched alkanes of at least 4 members (excludes halogenated alkanes) is 1. The van der Waals surface area contributed by atoms with E-state index in [1.54, 1.807) is 0 Å². The van der Waals surface area contributed by atoms with Crippen LogP contribution < -0.4 is 21.7 Å². The van der Waals surface area contributed by atoms with Crippen molar-refractivity contribution in [1.29, 1.82) is 0 Å². The summed E-state index contributed by atoms with van der Waals surface area (Å²) in [6, 6.07) is -3.50. The molecule has 6 N–H and O–H groups in total. The van der Waals surface area contributed by atoms with Crippen LogP contribution in [0.1, 0.15) is 78.1 Å². The van der Waals surface area contributed by atoms with Crippen LogP contribution in [0.3, 0.4) is 0 Å². The summed E-state index contributed by atoms with van der Waals surface area (Å²) in [6.45, 7) is 4.20. The maximum atomic E-state index is 13.1. The molecule has 0 aromatic rings.